The molecule has 0 aromatic heterocycles. The van der Waals surface area contributed by atoms with Crippen molar-refractivity contribution in [1.29, 1.82) is 0 Å². The molecule has 0 spiro atoms. The first-order chi connectivity index (χ1) is 9.78. The Kier molecular flexibility index (Phi) is 3.54. The van der Waals surface area contributed by atoms with Gasteiger partial charge in [0.1, 0.15) is 0 Å². The van der Waals surface area contributed by atoms with E-state index in [2.05, 4.69) is 24.3 Å². The van der Waals surface area contributed by atoms with E-state index in [9.17, 15) is 0 Å². The topological polar surface area (TPSA) is 38.5 Å². The Morgan fingerprint density at radius 3 is 2.65 bits per heavy atom. The first-order valence-corrected chi connectivity index (χ1v) is 6.75. The van der Waals surface area contributed by atoms with E-state index in [0.29, 0.717) is 6.54 Å². The Morgan fingerprint density at radius 1 is 1.10 bits per heavy atom. The predicted molar refractivity (Wildman–Crippen MR) is 80.3 cm³/mol. The van der Waals surface area contributed by atoms with E-state index in [4.69, 9.17) is 10.6 Å². The maximum atomic E-state index is 5.87. The Hall–Kier alpha value is -2.10. The van der Waals surface area contributed by atoms with Crippen molar-refractivity contribution in [3.05, 3.63) is 77.4 Å². The van der Waals surface area contributed by atoms with Gasteiger partial charge < -0.3 is 10.6 Å². The first-order valence-electron chi connectivity index (χ1n) is 6.75. The fourth-order valence-electron chi connectivity index (χ4n) is 2.45. The van der Waals surface area contributed by atoms with Gasteiger partial charge in [0.2, 0.25) is 0 Å². The van der Waals surface area contributed by atoms with E-state index >= 15 is 0 Å². The maximum absolute atomic E-state index is 5.87. The van der Waals surface area contributed by atoms with Crippen molar-refractivity contribution in [3.8, 4) is 0 Å². The predicted octanol–water partition coefficient (Wildman–Crippen LogP) is 3.10. The average molecular weight is 266 g/mol. The molecule has 3 heteroatoms. The molecule has 3 rings (SSSR count). The van der Waals surface area contributed by atoms with Crippen molar-refractivity contribution < 1.29 is 4.84 Å². The molecule has 20 heavy (non-hydrogen) atoms. The minimum absolute atomic E-state index is 0.146. The lowest BCUT2D eigenvalue weighted by atomic mass is 10.0. The van der Waals surface area contributed by atoms with Gasteiger partial charge in [-0.05, 0) is 23.3 Å². The molecular formula is C17H18N2O. The number of rotatable bonds is 3. The lowest BCUT2D eigenvalue weighted by Crippen LogP contribution is -2.16. The minimum atomic E-state index is 0.146. The molecule has 1 unspecified atom stereocenters. The lowest BCUT2D eigenvalue weighted by Gasteiger charge is -2.18. The summed E-state index contributed by atoms with van der Waals surface area (Å²) in [7, 11) is 1.95. The number of nitrogens with two attached hydrogens (primary N) is 1. The van der Waals surface area contributed by atoms with Gasteiger partial charge in [-0.2, -0.15) is 0 Å². The molecule has 0 aliphatic carbocycles. The molecule has 0 fully saturated rings. The molecule has 2 aromatic carbocycles. The molecule has 2 N–H and O–H groups in total. The molecule has 0 radical (unpaired) electrons. The van der Waals surface area contributed by atoms with Gasteiger partial charge in [-0.1, -0.05) is 48.5 Å². The van der Waals surface area contributed by atoms with Gasteiger partial charge >= 0.3 is 0 Å². The van der Waals surface area contributed by atoms with E-state index in [1.807, 2.05) is 48.5 Å². The summed E-state index contributed by atoms with van der Waals surface area (Å²) in [5, 5.41) is 1.87. The average Bonchev–Trinajstić information content (AvgIpc) is 2.90. The van der Waals surface area contributed by atoms with Crippen LogP contribution in [0.5, 0.6) is 0 Å². The summed E-state index contributed by atoms with van der Waals surface area (Å²) in [6.45, 7) is 0.541. The highest BCUT2D eigenvalue weighted by Crippen LogP contribution is 2.34. The molecule has 1 atom stereocenters. The Bertz CT molecular complexity index is 622. The summed E-state index contributed by atoms with van der Waals surface area (Å²) in [6, 6.07) is 18.6. The van der Waals surface area contributed by atoms with Gasteiger partial charge in [0.25, 0.3) is 0 Å². The zero-order valence-electron chi connectivity index (χ0n) is 11.5. The van der Waals surface area contributed by atoms with Crippen molar-refractivity contribution in [3.63, 3.8) is 0 Å². The largest absolute Gasteiger partial charge is 0.405 e. The maximum Gasteiger partial charge on any atom is 0.152 e. The fraction of sp³-hybridized carbons (Fsp3) is 0.176. The minimum Gasteiger partial charge on any atom is -0.405 e. The lowest BCUT2D eigenvalue weighted by molar-refractivity contribution is -0.0663. The van der Waals surface area contributed by atoms with Crippen molar-refractivity contribution in [2.24, 2.45) is 5.73 Å². The first kappa shape index (κ1) is 12.9. The fourth-order valence-corrected chi connectivity index (χ4v) is 2.45. The second-order valence-electron chi connectivity index (χ2n) is 4.93. The van der Waals surface area contributed by atoms with Crippen LogP contribution in [0.3, 0.4) is 0 Å². The van der Waals surface area contributed by atoms with Crippen LogP contribution in [-0.4, -0.2) is 12.1 Å². The van der Waals surface area contributed by atoms with Crippen LogP contribution in [0.4, 0.5) is 0 Å². The number of likely N-dealkylation sites (N-methyl/N-ethyl adjacent to an activating group) is 1. The van der Waals surface area contributed by atoms with Crippen LogP contribution in [-0.2, 0) is 11.4 Å². The van der Waals surface area contributed by atoms with Crippen molar-refractivity contribution in [1.82, 2.24) is 5.06 Å². The van der Waals surface area contributed by atoms with E-state index < -0.39 is 0 Å². The summed E-state index contributed by atoms with van der Waals surface area (Å²) in [4.78, 5) is 5.87. The Balaban J connectivity index is 1.92. The van der Waals surface area contributed by atoms with E-state index in [1.165, 1.54) is 5.56 Å². The van der Waals surface area contributed by atoms with Crippen LogP contribution in [0.1, 0.15) is 22.7 Å². The summed E-state index contributed by atoms with van der Waals surface area (Å²) in [6.07, 6.45) is 2.14. The van der Waals surface area contributed by atoms with Crippen LogP contribution in [0.25, 0.3) is 5.76 Å². The number of hydrogen-bond donors (Lipinski definition) is 1. The van der Waals surface area contributed by atoms with Crippen molar-refractivity contribution in [2.45, 2.75) is 12.6 Å². The summed E-state index contributed by atoms with van der Waals surface area (Å²) in [5.41, 5.74) is 9.09. The SMILES string of the molecule is CN1OC(c2cccc(CN)c2)=CC1c1ccccc1. The van der Waals surface area contributed by atoms with Gasteiger partial charge in [-0.25, -0.2) is 0 Å². The molecule has 102 valence electrons. The second-order valence-corrected chi connectivity index (χ2v) is 4.93. The quantitative estimate of drug-likeness (QED) is 0.927. The number of hydroxylamine groups is 2. The molecule has 0 saturated heterocycles. The van der Waals surface area contributed by atoms with Gasteiger partial charge in [0.05, 0.1) is 6.04 Å². The standard InChI is InChI=1S/C17H18N2O/c1-19-16(14-7-3-2-4-8-14)11-17(20-19)15-9-5-6-13(10-15)12-18/h2-11,16H,12,18H2,1H3. The third-order valence-electron chi connectivity index (χ3n) is 3.53. The van der Waals surface area contributed by atoms with Crippen LogP contribution in [0.15, 0.2) is 60.7 Å². The van der Waals surface area contributed by atoms with Crippen LogP contribution < -0.4 is 5.73 Å². The number of nitrogens with zero attached hydrogens (tertiary/aromatic N) is 1. The third-order valence-corrected chi connectivity index (χ3v) is 3.53. The summed E-state index contributed by atoms with van der Waals surface area (Å²) in [5.74, 6) is 0.886. The molecule has 0 bridgehead atoms. The molecular weight excluding hydrogens is 248 g/mol. The van der Waals surface area contributed by atoms with Crippen LogP contribution in [0, 0.1) is 0 Å². The zero-order valence-corrected chi connectivity index (χ0v) is 11.5. The number of benzene rings is 2. The van der Waals surface area contributed by atoms with E-state index in [0.717, 1.165) is 16.9 Å². The van der Waals surface area contributed by atoms with Crippen LogP contribution >= 0.6 is 0 Å². The molecule has 1 aliphatic rings. The van der Waals surface area contributed by atoms with Gasteiger partial charge in [0.15, 0.2) is 5.76 Å². The molecule has 0 saturated carbocycles. The highest BCUT2D eigenvalue weighted by Gasteiger charge is 2.25. The highest BCUT2D eigenvalue weighted by atomic mass is 16.7. The van der Waals surface area contributed by atoms with Crippen molar-refractivity contribution >= 4 is 5.76 Å². The Labute approximate surface area is 119 Å². The number of hydrogen-bond acceptors (Lipinski definition) is 3. The normalized spacial score (nSPS) is 18.7. The molecule has 0 amide bonds. The smallest absolute Gasteiger partial charge is 0.152 e. The van der Waals surface area contributed by atoms with Gasteiger partial charge in [-0.15, -0.1) is 5.06 Å². The Morgan fingerprint density at radius 2 is 1.90 bits per heavy atom. The third kappa shape index (κ3) is 2.46. The van der Waals surface area contributed by atoms with Crippen LogP contribution in [0.2, 0.25) is 0 Å². The summed E-state index contributed by atoms with van der Waals surface area (Å²) >= 11 is 0. The highest BCUT2D eigenvalue weighted by molar-refractivity contribution is 5.62. The van der Waals surface area contributed by atoms with E-state index in [1.54, 1.807) is 0 Å². The summed E-state index contributed by atoms with van der Waals surface area (Å²) < 4.78 is 0. The van der Waals surface area contributed by atoms with E-state index in [-0.39, 0.29) is 6.04 Å². The van der Waals surface area contributed by atoms with Crippen molar-refractivity contribution in [2.75, 3.05) is 7.05 Å². The molecule has 1 aliphatic heterocycles. The molecule has 3 nitrogen and oxygen atoms in total. The second kappa shape index (κ2) is 5.49. The molecule has 2 aromatic rings. The van der Waals surface area contributed by atoms with Gasteiger partial charge in [0, 0.05) is 19.2 Å². The van der Waals surface area contributed by atoms with Gasteiger partial charge in [-0.3, -0.25) is 0 Å². The zero-order chi connectivity index (χ0) is 13.9. The monoisotopic (exact) mass is 266 g/mol. The molecule has 1 heterocycles.